The number of hydrogen-bond acceptors (Lipinski definition) is 2. The van der Waals surface area contributed by atoms with Crippen LogP contribution in [0.25, 0.3) is 0 Å². The van der Waals surface area contributed by atoms with E-state index in [1.807, 2.05) is 32.0 Å². The second-order valence-electron chi connectivity index (χ2n) is 4.86. The fourth-order valence-corrected chi connectivity index (χ4v) is 2.08. The molecule has 0 saturated carbocycles. The van der Waals surface area contributed by atoms with Crippen LogP contribution >= 0.6 is 0 Å². The Morgan fingerprint density at radius 3 is 2.93 bits per heavy atom. The molecule has 2 rings (SSSR count). The molecular weight excluding hydrogens is 188 g/mol. The molecule has 1 unspecified atom stereocenters. The predicted octanol–water partition coefficient (Wildman–Crippen LogP) is 2.78. The zero-order valence-corrected chi connectivity index (χ0v) is 9.19. The molecule has 1 heterocycles. The molecule has 0 saturated heterocycles. The predicted molar refractivity (Wildman–Crippen MR) is 59.1 cm³/mol. The van der Waals surface area contributed by atoms with Gasteiger partial charge in [-0.2, -0.15) is 0 Å². The molecule has 0 aromatic heterocycles. The lowest BCUT2D eigenvalue weighted by molar-refractivity contribution is -0.115. The lowest BCUT2D eigenvalue weighted by Gasteiger charge is -2.20. The Labute approximate surface area is 90.3 Å². The molecule has 15 heavy (non-hydrogen) atoms. The maximum absolute atomic E-state index is 10.9. The summed E-state index contributed by atoms with van der Waals surface area (Å²) in [5.41, 5.74) is 0.985. The first-order valence-corrected chi connectivity index (χ1v) is 5.30. The number of aldehydes is 1. The number of rotatable bonds is 3. The molecule has 2 nitrogen and oxygen atoms in total. The molecule has 0 radical (unpaired) electrons. The zero-order valence-electron chi connectivity index (χ0n) is 9.19. The van der Waals surface area contributed by atoms with Gasteiger partial charge in [0, 0.05) is 16.9 Å². The van der Waals surface area contributed by atoms with E-state index < -0.39 is 0 Å². The van der Waals surface area contributed by atoms with Crippen molar-refractivity contribution in [3.8, 4) is 5.75 Å². The average molecular weight is 204 g/mol. The van der Waals surface area contributed by atoms with Crippen molar-refractivity contribution in [3.05, 3.63) is 29.8 Å². The monoisotopic (exact) mass is 204 g/mol. The van der Waals surface area contributed by atoms with Gasteiger partial charge in [0.05, 0.1) is 6.61 Å². The first kappa shape index (κ1) is 10.2. The number of para-hydroxylation sites is 1. The minimum absolute atomic E-state index is 0.258. The minimum atomic E-state index is -0.258. The van der Waals surface area contributed by atoms with Gasteiger partial charge in [0.1, 0.15) is 12.0 Å². The first-order chi connectivity index (χ1) is 7.12. The lowest BCUT2D eigenvalue weighted by atomic mass is 9.82. The third-order valence-electron chi connectivity index (χ3n) is 2.89. The fourth-order valence-electron chi connectivity index (χ4n) is 2.08. The second-order valence-corrected chi connectivity index (χ2v) is 4.86. The smallest absolute Gasteiger partial charge is 0.125 e. The lowest BCUT2D eigenvalue weighted by Crippen LogP contribution is -2.18. The van der Waals surface area contributed by atoms with Gasteiger partial charge in [-0.1, -0.05) is 32.0 Å². The van der Waals surface area contributed by atoms with E-state index in [4.69, 9.17) is 4.74 Å². The van der Waals surface area contributed by atoms with Gasteiger partial charge in [-0.25, -0.2) is 0 Å². The molecule has 0 N–H and O–H groups in total. The molecule has 2 heteroatoms. The van der Waals surface area contributed by atoms with Crippen LogP contribution in [0.4, 0.5) is 0 Å². The van der Waals surface area contributed by atoms with Gasteiger partial charge in [-0.3, -0.25) is 0 Å². The standard InChI is InChI=1S/C13H16O2/c1-13(2,9-14)7-10-8-15-12-6-4-3-5-11(10)12/h3-6,9-10H,7-8H2,1-2H3. The van der Waals surface area contributed by atoms with Crippen LogP contribution < -0.4 is 4.74 Å². The van der Waals surface area contributed by atoms with Gasteiger partial charge in [0.15, 0.2) is 0 Å². The molecule has 0 aliphatic carbocycles. The number of fused-ring (bicyclic) bond motifs is 1. The SMILES string of the molecule is CC(C)(C=O)CC1COc2ccccc21. The highest BCUT2D eigenvalue weighted by atomic mass is 16.5. The summed E-state index contributed by atoms with van der Waals surface area (Å²) in [6.07, 6.45) is 1.89. The number of carbonyl (C=O) groups is 1. The van der Waals surface area contributed by atoms with Crippen molar-refractivity contribution < 1.29 is 9.53 Å². The van der Waals surface area contributed by atoms with E-state index in [1.165, 1.54) is 5.56 Å². The Morgan fingerprint density at radius 1 is 1.47 bits per heavy atom. The highest BCUT2D eigenvalue weighted by Crippen LogP contribution is 2.39. The normalized spacial score (nSPS) is 19.5. The highest BCUT2D eigenvalue weighted by Gasteiger charge is 2.29. The van der Waals surface area contributed by atoms with Crippen LogP contribution in [-0.2, 0) is 4.79 Å². The summed E-state index contributed by atoms with van der Waals surface area (Å²) in [5.74, 6) is 1.34. The second kappa shape index (κ2) is 3.69. The molecule has 0 bridgehead atoms. The van der Waals surface area contributed by atoms with Crippen LogP contribution in [0.1, 0.15) is 31.7 Å². The van der Waals surface area contributed by atoms with Gasteiger partial charge in [-0.15, -0.1) is 0 Å². The maximum atomic E-state index is 10.9. The molecule has 1 aliphatic heterocycles. The summed E-state index contributed by atoms with van der Waals surface area (Å²) < 4.78 is 5.59. The Morgan fingerprint density at radius 2 is 2.20 bits per heavy atom. The Balaban J connectivity index is 2.18. The van der Waals surface area contributed by atoms with Gasteiger partial charge < -0.3 is 9.53 Å². The maximum Gasteiger partial charge on any atom is 0.125 e. The molecule has 80 valence electrons. The third kappa shape index (κ3) is 2.04. The van der Waals surface area contributed by atoms with E-state index in [-0.39, 0.29) is 5.41 Å². The summed E-state index contributed by atoms with van der Waals surface area (Å²) in [6, 6.07) is 8.08. The molecule has 1 aromatic rings. The Bertz CT molecular complexity index is 369. The van der Waals surface area contributed by atoms with Crippen LogP contribution in [0, 0.1) is 5.41 Å². The van der Waals surface area contributed by atoms with Crippen molar-refractivity contribution in [3.63, 3.8) is 0 Å². The highest BCUT2D eigenvalue weighted by molar-refractivity contribution is 5.58. The van der Waals surface area contributed by atoms with Crippen molar-refractivity contribution in [1.29, 1.82) is 0 Å². The van der Waals surface area contributed by atoms with E-state index in [1.54, 1.807) is 0 Å². The fraction of sp³-hybridized carbons (Fsp3) is 0.462. The minimum Gasteiger partial charge on any atom is -0.493 e. The number of carbonyl (C=O) groups excluding carboxylic acids is 1. The quantitative estimate of drug-likeness (QED) is 0.708. The Kier molecular flexibility index (Phi) is 2.51. The molecular formula is C13H16O2. The number of hydrogen-bond donors (Lipinski definition) is 0. The Hall–Kier alpha value is -1.31. The van der Waals surface area contributed by atoms with Crippen LogP contribution in [0.5, 0.6) is 5.75 Å². The average Bonchev–Trinajstić information content (AvgIpc) is 2.62. The van der Waals surface area contributed by atoms with Crippen LogP contribution in [0.2, 0.25) is 0 Å². The van der Waals surface area contributed by atoms with Crippen LogP contribution in [0.3, 0.4) is 0 Å². The van der Waals surface area contributed by atoms with Crippen molar-refractivity contribution in [1.82, 2.24) is 0 Å². The summed E-state index contributed by atoms with van der Waals surface area (Å²) in [5, 5.41) is 0. The van der Waals surface area contributed by atoms with Crippen molar-refractivity contribution >= 4 is 6.29 Å². The molecule has 0 amide bonds. The summed E-state index contributed by atoms with van der Waals surface area (Å²) in [4.78, 5) is 10.9. The van der Waals surface area contributed by atoms with E-state index >= 15 is 0 Å². The van der Waals surface area contributed by atoms with Gasteiger partial charge in [0.25, 0.3) is 0 Å². The zero-order chi connectivity index (χ0) is 10.9. The van der Waals surface area contributed by atoms with Crippen molar-refractivity contribution in [2.45, 2.75) is 26.2 Å². The van der Waals surface area contributed by atoms with Gasteiger partial charge in [0.2, 0.25) is 0 Å². The topological polar surface area (TPSA) is 26.3 Å². The van der Waals surface area contributed by atoms with Crippen LogP contribution in [0.15, 0.2) is 24.3 Å². The number of ether oxygens (including phenoxy) is 1. The molecule has 1 aromatic carbocycles. The molecule has 0 spiro atoms. The summed E-state index contributed by atoms with van der Waals surface area (Å²) in [7, 11) is 0. The van der Waals surface area contributed by atoms with Crippen LogP contribution in [-0.4, -0.2) is 12.9 Å². The summed E-state index contributed by atoms with van der Waals surface area (Å²) >= 11 is 0. The molecule has 1 aliphatic rings. The largest absolute Gasteiger partial charge is 0.493 e. The number of benzene rings is 1. The van der Waals surface area contributed by atoms with Gasteiger partial charge >= 0.3 is 0 Å². The van der Waals surface area contributed by atoms with E-state index in [0.717, 1.165) is 18.5 Å². The van der Waals surface area contributed by atoms with E-state index in [2.05, 4.69) is 6.07 Å². The van der Waals surface area contributed by atoms with Gasteiger partial charge in [-0.05, 0) is 12.5 Å². The van der Waals surface area contributed by atoms with E-state index in [0.29, 0.717) is 12.5 Å². The molecule has 1 atom stereocenters. The van der Waals surface area contributed by atoms with Crippen molar-refractivity contribution in [2.24, 2.45) is 5.41 Å². The third-order valence-corrected chi connectivity index (χ3v) is 2.89. The van der Waals surface area contributed by atoms with Crippen molar-refractivity contribution in [2.75, 3.05) is 6.61 Å². The summed E-state index contributed by atoms with van der Waals surface area (Å²) in [6.45, 7) is 4.65. The molecule has 0 fully saturated rings. The van der Waals surface area contributed by atoms with E-state index in [9.17, 15) is 4.79 Å². The first-order valence-electron chi connectivity index (χ1n) is 5.30.